The molecule has 2 unspecified atom stereocenters. The SMILES string of the molecule is CCC(C)(C)C(=O)OC[C@@H]1[C@H](COCc2ccccc2)[C@H]2C[C@@H](C)[C@@]1(CCC(O)CC(O)CC(=O)O)O2. The lowest BCUT2D eigenvalue weighted by atomic mass is 9.65. The second-order valence-electron chi connectivity index (χ2n) is 11.5. The molecule has 37 heavy (non-hydrogen) atoms. The van der Waals surface area contributed by atoms with Gasteiger partial charge in [0.2, 0.25) is 0 Å². The van der Waals surface area contributed by atoms with Crippen molar-refractivity contribution in [1.29, 1.82) is 0 Å². The van der Waals surface area contributed by atoms with Crippen LogP contribution in [0.25, 0.3) is 0 Å². The number of rotatable bonds is 15. The van der Waals surface area contributed by atoms with Gasteiger partial charge in [0.05, 0.1) is 55.6 Å². The smallest absolute Gasteiger partial charge is 0.311 e. The van der Waals surface area contributed by atoms with Gasteiger partial charge in [0, 0.05) is 11.8 Å². The van der Waals surface area contributed by atoms with E-state index in [1.165, 1.54) is 0 Å². The lowest BCUT2D eigenvalue weighted by Crippen LogP contribution is -2.48. The van der Waals surface area contributed by atoms with E-state index >= 15 is 0 Å². The topological polar surface area (TPSA) is 123 Å². The number of hydrogen-bond acceptors (Lipinski definition) is 7. The molecule has 2 aliphatic rings. The Morgan fingerprint density at radius 1 is 1.16 bits per heavy atom. The summed E-state index contributed by atoms with van der Waals surface area (Å²) in [7, 11) is 0. The monoisotopic (exact) mass is 520 g/mol. The average molecular weight is 521 g/mol. The van der Waals surface area contributed by atoms with Crippen LogP contribution in [0.5, 0.6) is 0 Å². The molecule has 1 aromatic carbocycles. The van der Waals surface area contributed by atoms with E-state index in [-0.39, 0.29) is 42.9 Å². The number of aliphatic hydroxyl groups is 2. The van der Waals surface area contributed by atoms with Crippen molar-refractivity contribution in [3.8, 4) is 0 Å². The summed E-state index contributed by atoms with van der Waals surface area (Å²) in [6.45, 7) is 9.05. The molecule has 7 atom stereocenters. The highest BCUT2D eigenvalue weighted by Crippen LogP contribution is 2.57. The van der Waals surface area contributed by atoms with Crippen molar-refractivity contribution in [2.24, 2.45) is 23.2 Å². The highest BCUT2D eigenvalue weighted by Gasteiger charge is 2.62. The van der Waals surface area contributed by atoms with Gasteiger partial charge in [-0.25, -0.2) is 0 Å². The number of fused-ring (bicyclic) bond motifs is 2. The van der Waals surface area contributed by atoms with Gasteiger partial charge >= 0.3 is 11.9 Å². The van der Waals surface area contributed by atoms with Gasteiger partial charge in [-0.05, 0) is 57.4 Å². The van der Waals surface area contributed by atoms with E-state index < -0.39 is 35.6 Å². The molecule has 208 valence electrons. The molecule has 2 saturated heterocycles. The number of aliphatic hydroxyl groups excluding tert-OH is 2. The maximum atomic E-state index is 12.8. The van der Waals surface area contributed by atoms with Crippen LogP contribution in [0.2, 0.25) is 0 Å². The fraction of sp³-hybridized carbons (Fsp3) is 0.724. The third-order valence-corrected chi connectivity index (χ3v) is 8.49. The predicted octanol–water partition coefficient (Wildman–Crippen LogP) is 3.96. The molecule has 0 spiro atoms. The summed E-state index contributed by atoms with van der Waals surface area (Å²) in [6.07, 6.45) is 0.0372. The van der Waals surface area contributed by atoms with E-state index in [9.17, 15) is 19.8 Å². The lowest BCUT2D eigenvalue weighted by molar-refractivity contribution is -0.159. The zero-order valence-corrected chi connectivity index (χ0v) is 22.6. The molecule has 0 saturated carbocycles. The van der Waals surface area contributed by atoms with E-state index in [0.29, 0.717) is 32.5 Å². The number of aliphatic carboxylic acids is 1. The largest absolute Gasteiger partial charge is 0.481 e. The van der Waals surface area contributed by atoms with Crippen molar-refractivity contribution in [3.63, 3.8) is 0 Å². The Labute approximate surface area is 220 Å². The molecule has 0 aromatic heterocycles. The summed E-state index contributed by atoms with van der Waals surface area (Å²) in [5, 5.41) is 29.4. The van der Waals surface area contributed by atoms with Crippen LogP contribution < -0.4 is 0 Å². The molecule has 2 fully saturated rings. The van der Waals surface area contributed by atoms with Crippen LogP contribution in [-0.4, -0.2) is 64.4 Å². The highest BCUT2D eigenvalue weighted by atomic mass is 16.6. The molecule has 0 radical (unpaired) electrons. The maximum absolute atomic E-state index is 12.8. The van der Waals surface area contributed by atoms with Gasteiger partial charge in [0.25, 0.3) is 0 Å². The number of carboxylic acids is 1. The Balaban J connectivity index is 1.71. The second kappa shape index (κ2) is 12.7. The first-order chi connectivity index (χ1) is 17.5. The van der Waals surface area contributed by atoms with Crippen LogP contribution in [0.4, 0.5) is 0 Å². The van der Waals surface area contributed by atoms with E-state index in [1.54, 1.807) is 0 Å². The van der Waals surface area contributed by atoms with Crippen molar-refractivity contribution >= 4 is 11.9 Å². The van der Waals surface area contributed by atoms with Gasteiger partial charge in [0.1, 0.15) is 0 Å². The molecule has 8 heteroatoms. The number of carbonyl (C=O) groups excluding carboxylic acids is 1. The predicted molar refractivity (Wildman–Crippen MR) is 138 cm³/mol. The Morgan fingerprint density at radius 3 is 2.51 bits per heavy atom. The number of benzene rings is 1. The minimum absolute atomic E-state index is 0.00581. The molecule has 2 aliphatic heterocycles. The molecule has 3 rings (SSSR count). The Bertz CT molecular complexity index is 887. The minimum atomic E-state index is -1.10. The minimum Gasteiger partial charge on any atom is -0.481 e. The van der Waals surface area contributed by atoms with Gasteiger partial charge in [-0.1, -0.05) is 44.2 Å². The Kier molecular flexibility index (Phi) is 10.1. The number of hydrogen-bond donors (Lipinski definition) is 3. The van der Waals surface area contributed by atoms with Gasteiger partial charge in [-0.3, -0.25) is 9.59 Å². The van der Waals surface area contributed by atoms with Crippen LogP contribution in [0.1, 0.15) is 71.8 Å². The van der Waals surface area contributed by atoms with E-state index in [2.05, 4.69) is 6.92 Å². The molecular weight excluding hydrogens is 476 g/mol. The van der Waals surface area contributed by atoms with Gasteiger partial charge in [-0.2, -0.15) is 0 Å². The maximum Gasteiger partial charge on any atom is 0.311 e. The number of carbonyl (C=O) groups is 2. The normalized spacial score (nSPS) is 28.7. The number of esters is 1. The summed E-state index contributed by atoms with van der Waals surface area (Å²) in [4.78, 5) is 23.7. The van der Waals surface area contributed by atoms with Gasteiger partial charge < -0.3 is 29.5 Å². The molecule has 3 N–H and O–H groups in total. The van der Waals surface area contributed by atoms with Crippen LogP contribution in [0.3, 0.4) is 0 Å². The van der Waals surface area contributed by atoms with Crippen LogP contribution in [0, 0.1) is 23.2 Å². The molecule has 8 nitrogen and oxygen atoms in total. The zero-order valence-electron chi connectivity index (χ0n) is 22.6. The van der Waals surface area contributed by atoms with Crippen LogP contribution >= 0.6 is 0 Å². The van der Waals surface area contributed by atoms with E-state index in [4.69, 9.17) is 19.3 Å². The lowest BCUT2D eigenvalue weighted by Gasteiger charge is -2.41. The number of carboxylic acid groups (broad SMARTS) is 1. The van der Waals surface area contributed by atoms with Gasteiger partial charge in [-0.15, -0.1) is 0 Å². The van der Waals surface area contributed by atoms with Crippen LogP contribution in [0.15, 0.2) is 30.3 Å². The summed E-state index contributed by atoms with van der Waals surface area (Å²) < 4.78 is 18.6. The molecule has 0 amide bonds. The molecular formula is C29H44O8. The second-order valence-corrected chi connectivity index (χ2v) is 11.5. The third-order valence-electron chi connectivity index (χ3n) is 8.49. The third kappa shape index (κ3) is 7.31. The van der Waals surface area contributed by atoms with E-state index in [0.717, 1.165) is 12.0 Å². The molecule has 2 heterocycles. The average Bonchev–Trinajstić information content (AvgIpc) is 3.33. The van der Waals surface area contributed by atoms with Crippen molar-refractivity contribution in [2.45, 2.75) is 96.7 Å². The number of ether oxygens (including phenoxy) is 3. The van der Waals surface area contributed by atoms with Gasteiger partial charge in [0.15, 0.2) is 0 Å². The first-order valence-electron chi connectivity index (χ1n) is 13.5. The molecule has 0 aliphatic carbocycles. The van der Waals surface area contributed by atoms with Crippen molar-refractivity contribution in [3.05, 3.63) is 35.9 Å². The summed E-state index contributed by atoms with van der Waals surface area (Å²) in [5.74, 6) is -1.18. The molecule has 1 aromatic rings. The summed E-state index contributed by atoms with van der Waals surface area (Å²) in [5.41, 5.74) is -0.0706. The fourth-order valence-corrected chi connectivity index (χ4v) is 5.81. The van der Waals surface area contributed by atoms with Crippen molar-refractivity contribution in [2.75, 3.05) is 13.2 Å². The standard InChI is InChI=1S/C29H44O8/c1-5-28(3,4)27(34)36-18-24-23(17-35-16-20-9-7-6-8-10-20)25-13-19(2)29(24,37-25)12-11-21(30)14-22(31)15-26(32)33/h6-10,19,21-25,30-31H,5,11-18H2,1-4H3,(H,32,33)/t19-,21?,22?,23+,24-,25-,29-/m1/s1. The summed E-state index contributed by atoms with van der Waals surface area (Å²) >= 11 is 0. The Morgan fingerprint density at radius 2 is 1.86 bits per heavy atom. The first kappa shape index (κ1) is 29.6. The molecule has 2 bridgehead atoms. The van der Waals surface area contributed by atoms with Crippen molar-refractivity contribution < 1.29 is 39.1 Å². The summed E-state index contributed by atoms with van der Waals surface area (Å²) in [6, 6.07) is 9.97. The van der Waals surface area contributed by atoms with Crippen LogP contribution in [-0.2, 0) is 30.4 Å². The zero-order chi connectivity index (χ0) is 27.2. The highest BCUT2D eigenvalue weighted by molar-refractivity contribution is 5.75. The Hall–Kier alpha value is -2.00. The van der Waals surface area contributed by atoms with Crippen molar-refractivity contribution in [1.82, 2.24) is 0 Å². The quantitative estimate of drug-likeness (QED) is 0.297. The fourth-order valence-electron chi connectivity index (χ4n) is 5.81. The first-order valence-corrected chi connectivity index (χ1v) is 13.5. The van der Waals surface area contributed by atoms with E-state index in [1.807, 2.05) is 51.1 Å².